The third-order valence-electron chi connectivity index (χ3n) is 4.40. The van der Waals surface area contributed by atoms with Crippen molar-refractivity contribution < 1.29 is 14.7 Å². The monoisotopic (exact) mass is 346 g/mol. The number of rotatable bonds is 5. The SMILES string of the molecule is CC(C)N1CC(C(=O)NCC(O)c2cc3ccccc3s2)CC1=O. The molecule has 2 N–H and O–H groups in total. The van der Waals surface area contributed by atoms with Crippen LogP contribution < -0.4 is 5.32 Å². The summed E-state index contributed by atoms with van der Waals surface area (Å²) >= 11 is 1.53. The highest BCUT2D eigenvalue weighted by molar-refractivity contribution is 7.19. The van der Waals surface area contributed by atoms with Crippen LogP contribution in [0.5, 0.6) is 0 Å². The number of aliphatic hydroxyl groups is 1. The van der Waals surface area contributed by atoms with Gasteiger partial charge in [-0.15, -0.1) is 11.3 Å². The van der Waals surface area contributed by atoms with Crippen molar-refractivity contribution in [2.45, 2.75) is 32.4 Å². The first-order valence-corrected chi connectivity index (χ1v) is 9.01. The minimum atomic E-state index is -0.732. The van der Waals surface area contributed by atoms with Gasteiger partial charge in [-0.2, -0.15) is 0 Å². The molecule has 0 aliphatic carbocycles. The summed E-state index contributed by atoms with van der Waals surface area (Å²) < 4.78 is 1.12. The number of aliphatic hydroxyl groups excluding tert-OH is 1. The van der Waals surface area contributed by atoms with E-state index in [4.69, 9.17) is 0 Å². The molecular formula is C18H22N2O3S. The average molecular weight is 346 g/mol. The molecule has 0 saturated carbocycles. The van der Waals surface area contributed by atoms with Crippen LogP contribution in [0.15, 0.2) is 30.3 Å². The molecule has 1 fully saturated rings. The van der Waals surface area contributed by atoms with E-state index in [2.05, 4.69) is 5.32 Å². The number of amides is 2. The Labute approximate surface area is 145 Å². The van der Waals surface area contributed by atoms with Gasteiger partial charge >= 0.3 is 0 Å². The molecule has 0 radical (unpaired) electrons. The summed E-state index contributed by atoms with van der Waals surface area (Å²) in [6, 6.07) is 10.0. The first-order chi connectivity index (χ1) is 11.5. The fourth-order valence-corrected chi connectivity index (χ4v) is 4.07. The van der Waals surface area contributed by atoms with Crippen LogP contribution in [0.25, 0.3) is 10.1 Å². The Morgan fingerprint density at radius 2 is 2.17 bits per heavy atom. The fourth-order valence-electron chi connectivity index (χ4n) is 3.02. The van der Waals surface area contributed by atoms with Gasteiger partial charge in [-0.05, 0) is 31.4 Å². The molecule has 1 aliphatic heterocycles. The van der Waals surface area contributed by atoms with Crippen LogP contribution in [0.3, 0.4) is 0 Å². The highest BCUT2D eigenvalue weighted by Crippen LogP contribution is 2.29. The van der Waals surface area contributed by atoms with Gasteiger partial charge in [0.15, 0.2) is 0 Å². The second-order valence-corrected chi connectivity index (χ2v) is 7.60. The summed E-state index contributed by atoms with van der Waals surface area (Å²) in [5.74, 6) is -0.462. The molecule has 3 rings (SSSR count). The van der Waals surface area contributed by atoms with E-state index < -0.39 is 6.10 Å². The van der Waals surface area contributed by atoms with E-state index in [1.807, 2.05) is 44.2 Å². The van der Waals surface area contributed by atoms with Gasteiger partial charge in [0, 0.05) is 35.1 Å². The Bertz CT molecular complexity index is 723. The van der Waals surface area contributed by atoms with E-state index >= 15 is 0 Å². The van der Waals surface area contributed by atoms with Gasteiger partial charge < -0.3 is 15.3 Å². The summed E-state index contributed by atoms with van der Waals surface area (Å²) in [4.78, 5) is 26.7. The Hall–Kier alpha value is -1.92. The molecule has 1 aromatic heterocycles. The zero-order valence-corrected chi connectivity index (χ0v) is 14.7. The maximum Gasteiger partial charge on any atom is 0.225 e. The van der Waals surface area contributed by atoms with Crippen molar-refractivity contribution in [3.63, 3.8) is 0 Å². The van der Waals surface area contributed by atoms with Gasteiger partial charge in [-0.3, -0.25) is 9.59 Å². The number of hydrogen-bond acceptors (Lipinski definition) is 4. The van der Waals surface area contributed by atoms with E-state index in [0.717, 1.165) is 15.0 Å². The number of nitrogens with zero attached hydrogens (tertiary/aromatic N) is 1. The van der Waals surface area contributed by atoms with Crippen molar-refractivity contribution in [1.29, 1.82) is 0 Å². The zero-order valence-electron chi connectivity index (χ0n) is 13.9. The lowest BCUT2D eigenvalue weighted by atomic mass is 10.1. The average Bonchev–Trinajstić information content (AvgIpc) is 3.15. The molecule has 5 nitrogen and oxygen atoms in total. The molecule has 2 amide bonds. The second kappa shape index (κ2) is 6.91. The van der Waals surface area contributed by atoms with Gasteiger partial charge in [0.05, 0.1) is 5.92 Å². The van der Waals surface area contributed by atoms with Crippen molar-refractivity contribution in [3.8, 4) is 0 Å². The molecule has 1 aromatic carbocycles. The number of carbonyl (C=O) groups is 2. The smallest absolute Gasteiger partial charge is 0.225 e. The minimum absolute atomic E-state index is 0.0233. The van der Waals surface area contributed by atoms with Crippen LogP contribution >= 0.6 is 11.3 Å². The van der Waals surface area contributed by atoms with E-state index in [1.54, 1.807) is 4.90 Å². The van der Waals surface area contributed by atoms with E-state index in [9.17, 15) is 14.7 Å². The molecule has 2 atom stereocenters. The normalized spacial score (nSPS) is 19.2. The minimum Gasteiger partial charge on any atom is -0.386 e. The van der Waals surface area contributed by atoms with Crippen molar-refractivity contribution in [3.05, 3.63) is 35.2 Å². The Morgan fingerprint density at radius 3 is 2.83 bits per heavy atom. The molecule has 2 unspecified atom stereocenters. The number of thiophene rings is 1. The molecule has 6 heteroatoms. The largest absolute Gasteiger partial charge is 0.386 e. The molecular weight excluding hydrogens is 324 g/mol. The predicted molar refractivity (Wildman–Crippen MR) is 94.8 cm³/mol. The van der Waals surface area contributed by atoms with Crippen LogP contribution in [0.1, 0.15) is 31.2 Å². The maximum atomic E-state index is 12.3. The Kier molecular flexibility index (Phi) is 4.87. The third kappa shape index (κ3) is 3.44. The van der Waals surface area contributed by atoms with Gasteiger partial charge in [0.25, 0.3) is 0 Å². The first kappa shape index (κ1) is 16.9. The molecule has 2 heterocycles. The lowest BCUT2D eigenvalue weighted by molar-refractivity contribution is -0.130. The summed E-state index contributed by atoms with van der Waals surface area (Å²) in [6.07, 6.45) is -0.479. The topological polar surface area (TPSA) is 69.6 Å². The molecule has 0 spiro atoms. The predicted octanol–water partition coefficient (Wildman–Crippen LogP) is 2.31. The Balaban J connectivity index is 1.57. The molecule has 1 aliphatic rings. The molecule has 1 saturated heterocycles. The summed E-state index contributed by atoms with van der Waals surface area (Å²) in [5.41, 5.74) is 0. The highest BCUT2D eigenvalue weighted by Gasteiger charge is 2.35. The van der Waals surface area contributed by atoms with Crippen LogP contribution in [-0.2, 0) is 9.59 Å². The van der Waals surface area contributed by atoms with Crippen LogP contribution in [-0.4, -0.2) is 41.0 Å². The summed E-state index contributed by atoms with van der Waals surface area (Å²) in [6.45, 7) is 4.52. The molecule has 128 valence electrons. The lowest BCUT2D eigenvalue weighted by Gasteiger charge is -2.20. The van der Waals surface area contributed by atoms with Crippen molar-refractivity contribution in [2.24, 2.45) is 5.92 Å². The number of likely N-dealkylation sites (tertiary alicyclic amines) is 1. The molecule has 2 aromatic rings. The molecule has 0 bridgehead atoms. The fraction of sp³-hybridized carbons (Fsp3) is 0.444. The van der Waals surface area contributed by atoms with Crippen LogP contribution in [0.2, 0.25) is 0 Å². The van der Waals surface area contributed by atoms with E-state index in [-0.39, 0.29) is 36.7 Å². The number of nitrogens with one attached hydrogen (secondary N) is 1. The Morgan fingerprint density at radius 1 is 1.42 bits per heavy atom. The first-order valence-electron chi connectivity index (χ1n) is 8.19. The van der Waals surface area contributed by atoms with Crippen molar-refractivity contribution in [1.82, 2.24) is 10.2 Å². The highest BCUT2D eigenvalue weighted by atomic mass is 32.1. The standard InChI is InChI=1S/C18H22N2O3S/c1-11(2)20-10-13(8-17(20)22)18(23)19-9-14(21)16-7-12-5-3-4-6-15(12)24-16/h3-7,11,13-14,21H,8-10H2,1-2H3,(H,19,23). The number of benzene rings is 1. The number of carbonyl (C=O) groups excluding carboxylic acids is 2. The third-order valence-corrected chi connectivity index (χ3v) is 5.61. The van der Waals surface area contributed by atoms with E-state index in [1.165, 1.54) is 11.3 Å². The van der Waals surface area contributed by atoms with Crippen LogP contribution in [0.4, 0.5) is 0 Å². The van der Waals surface area contributed by atoms with Gasteiger partial charge in [0.2, 0.25) is 11.8 Å². The number of hydrogen-bond donors (Lipinski definition) is 2. The quantitative estimate of drug-likeness (QED) is 0.873. The number of fused-ring (bicyclic) bond motifs is 1. The lowest BCUT2D eigenvalue weighted by Crippen LogP contribution is -2.36. The van der Waals surface area contributed by atoms with Crippen molar-refractivity contribution in [2.75, 3.05) is 13.1 Å². The van der Waals surface area contributed by atoms with Gasteiger partial charge in [-0.25, -0.2) is 0 Å². The summed E-state index contributed by atoms with van der Waals surface area (Å²) in [7, 11) is 0. The summed E-state index contributed by atoms with van der Waals surface area (Å²) in [5, 5.41) is 14.2. The van der Waals surface area contributed by atoms with Gasteiger partial charge in [-0.1, -0.05) is 18.2 Å². The maximum absolute atomic E-state index is 12.3. The zero-order chi connectivity index (χ0) is 17.3. The second-order valence-electron chi connectivity index (χ2n) is 6.49. The van der Waals surface area contributed by atoms with Crippen LogP contribution in [0, 0.1) is 5.92 Å². The van der Waals surface area contributed by atoms with Gasteiger partial charge in [0.1, 0.15) is 6.10 Å². The van der Waals surface area contributed by atoms with E-state index in [0.29, 0.717) is 6.54 Å². The molecule has 24 heavy (non-hydrogen) atoms. The van der Waals surface area contributed by atoms with Crippen molar-refractivity contribution >= 4 is 33.2 Å².